The lowest BCUT2D eigenvalue weighted by Gasteiger charge is -2.27. The monoisotopic (exact) mass is 312 g/mol. The summed E-state index contributed by atoms with van der Waals surface area (Å²) in [5.74, 6) is 1.09. The first kappa shape index (κ1) is 16.3. The van der Waals surface area contributed by atoms with Crippen molar-refractivity contribution in [1.82, 2.24) is 9.62 Å². The maximum absolute atomic E-state index is 12.6. The van der Waals surface area contributed by atoms with E-state index in [1.54, 1.807) is 32.4 Å². The fraction of sp³-hybridized carbons (Fsp3) is 0.600. The number of nitrogens with one attached hydrogen (secondary N) is 1. The Kier molecular flexibility index (Phi) is 5.24. The molecule has 1 saturated heterocycles. The molecular weight excluding hydrogens is 288 g/mol. The first-order valence-electron chi connectivity index (χ1n) is 7.27. The van der Waals surface area contributed by atoms with Gasteiger partial charge in [-0.3, -0.25) is 0 Å². The average molecular weight is 312 g/mol. The number of rotatable bonds is 5. The molecule has 118 valence electrons. The van der Waals surface area contributed by atoms with Crippen LogP contribution in [0.3, 0.4) is 0 Å². The van der Waals surface area contributed by atoms with Gasteiger partial charge in [0.15, 0.2) is 0 Å². The molecule has 1 atom stereocenters. The molecule has 0 spiro atoms. The van der Waals surface area contributed by atoms with E-state index in [1.165, 1.54) is 4.31 Å². The van der Waals surface area contributed by atoms with Crippen molar-refractivity contribution < 1.29 is 13.2 Å². The van der Waals surface area contributed by atoms with Crippen LogP contribution in [0.25, 0.3) is 0 Å². The van der Waals surface area contributed by atoms with Gasteiger partial charge in [0.2, 0.25) is 10.0 Å². The maximum atomic E-state index is 12.6. The van der Waals surface area contributed by atoms with E-state index >= 15 is 0 Å². The van der Waals surface area contributed by atoms with Crippen LogP contribution < -0.4 is 10.1 Å². The Balaban J connectivity index is 2.14. The lowest BCUT2D eigenvalue weighted by molar-refractivity contribution is 0.314. The minimum Gasteiger partial charge on any atom is -0.496 e. The Labute approximate surface area is 127 Å². The van der Waals surface area contributed by atoms with Crippen LogP contribution in [-0.2, 0) is 10.0 Å². The lowest BCUT2D eigenvalue weighted by Crippen LogP contribution is -2.39. The summed E-state index contributed by atoms with van der Waals surface area (Å²) in [7, 11) is -0.198. The second-order valence-electron chi connectivity index (χ2n) is 5.63. The maximum Gasteiger partial charge on any atom is 0.242 e. The molecule has 2 rings (SSSR count). The predicted molar refractivity (Wildman–Crippen MR) is 83.1 cm³/mol. The van der Waals surface area contributed by atoms with Crippen molar-refractivity contribution >= 4 is 10.0 Å². The summed E-state index contributed by atoms with van der Waals surface area (Å²) < 4.78 is 31.9. The van der Waals surface area contributed by atoms with Crippen molar-refractivity contribution in [2.45, 2.75) is 24.7 Å². The summed E-state index contributed by atoms with van der Waals surface area (Å²) in [4.78, 5) is 0.326. The van der Waals surface area contributed by atoms with Crippen LogP contribution in [0, 0.1) is 12.8 Å². The molecule has 1 aromatic rings. The summed E-state index contributed by atoms with van der Waals surface area (Å²) in [6.07, 6.45) is 2.19. The average Bonchev–Trinajstić information content (AvgIpc) is 2.48. The standard InChI is InChI=1S/C15H24N2O3S/c1-12-9-14(6-7-15(12)20-3)21(18,19)17(2)11-13-5-4-8-16-10-13/h6-7,9,13,16H,4-5,8,10-11H2,1-3H3. The summed E-state index contributed by atoms with van der Waals surface area (Å²) in [5.41, 5.74) is 0.825. The lowest BCUT2D eigenvalue weighted by atomic mass is 10.00. The highest BCUT2D eigenvalue weighted by molar-refractivity contribution is 7.89. The molecule has 1 aliphatic heterocycles. The molecule has 0 aliphatic carbocycles. The third kappa shape index (κ3) is 3.75. The number of methoxy groups -OCH3 is 1. The van der Waals surface area contributed by atoms with Crippen LogP contribution in [0.2, 0.25) is 0 Å². The van der Waals surface area contributed by atoms with Crippen LogP contribution in [0.5, 0.6) is 5.75 Å². The third-order valence-electron chi connectivity index (χ3n) is 3.99. The zero-order chi connectivity index (χ0) is 15.5. The molecule has 6 heteroatoms. The molecule has 1 aromatic carbocycles. The minimum atomic E-state index is -3.44. The van der Waals surface area contributed by atoms with Crippen LogP contribution in [0.1, 0.15) is 18.4 Å². The fourth-order valence-electron chi connectivity index (χ4n) is 2.73. The van der Waals surface area contributed by atoms with Crippen molar-refractivity contribution in [3.63, 3.8) is 0 Å². The van der Waals surface area contributed by atoms with E-state index in [9.17, 15) is 8.42 Å². The second-order valence-corrected chi connectivity index (χ2v) is 7.67. The fourth-order valence-corrected chi connectivity index (χ4v) is 4.07. The number of sulfonamides is 1. The Morgan fingerprint density at radius 2 is 2.19 bits per heavy atom. The van der Waals surface area contributed by atoms with Gasteiger partial charge < -0.3 is 10.1 Å². The third-order valence-corrected chi connectivity index (χ3v) is 5.81. The Bertz CT molecular complexity index is 581. The van der Waals surface area contributed by atoms with E-state index in [2.05, 4.69) is 5.32 Å². The molecule has 0 aromatic heterocycles. The van der Waals surface area contributed by atoms with Crippen LogP contribution in [0.4, 0.5) is 0 Å². The normalized spacial score (nSPS) is 19.7. The summed E-state index contributed by atoms with van der Waals surface area (Å²) in [6, 6.07) is 4.98. The Morgan fingerprint density at radius 1 is 1.43 bits per heavy atom. The SMILES string of the molecule is COc1ccc(S(=O)(=O)N(C)CC2CCCNC2)cc1C. The van der Waals surface area contributed by atoms with Gasteiger partial charge in [0, 0.05) is 13.6 Å². The Hall–Kier alpha value is -1.11. The number of aryl methyl sites for hydroxylation is 1. The molecule has 1 N–H and O–H groups in total. The van der Waals surface area contributed by atoms with E-state index in [4.69, 9.17) is 4.74 Å². The van der Waals surface area contributed by atoms with Gasteiger partial charge >= 0.3 is 0 Å². The number of hydrogen-bond acceptors (Lipinski definition) is 4. The smallest absolute Gasteiger partial charge is 0.242 e. The predicted octanol–water partition coefficient (Wildman–Crippen LogP) is 1.62. The number of piperidine rings is 1. The summed E-state index contributed by atoms with van der Waals surface area (Å²) in [5, 5.41) is 3.32. The van der Waals surface area contributed by atoms with Gasteiger partial charge in [-0.2, -0.15) is 0 Å². The summed E-state index contributed by atoms with van der Waals surface area (Å²) in [6.45, 7) is 4.33. The number of ether oxygens (including phenoxy) is 1. The molecule has 1 fully saturated rings. The molecule has 0 bridgehead atoms. The molecule has 1 heterocycles. The molecule has 21 heavy (non-hydrogen) atoms. The molecular formula is C15H24N2O3S. The molecule has 0 radical (unpaired) electrons. The number of benzene rings is 1. The van der Waals surface area contributed by atoms with Crippen molar-refractivity contribution in [3.05, 3.63) is 23.8 Å². The van der Waals surface area contributed by atoms with E-state index in [0.717, 1.165) is 31.5 Å². The molecule has 0 saturated carbocycles. The molecule has 5 nitrogen and oxygen atoms in total. The summed E-state index contributed by atoms with van der Waals surface area (Å²) >= 11 is 0. The second kappa shape index (κ2) is 6.77. The zero-order valence-corrected chi connectivity index (χ0v) is 13.7. The van der Waals surface area contributed by atoms with Crippen molar-refractivity contribution in [2.24, 2.45) is 5.92 Å². The van der Waals surface area contributed by atoms with Gasteiger partial charge in [-0.1, -0.05) is 0 Å². The largest absolute Gasteiger partial charge is 0.496 e. The van der Waals surface area contributed by atoms with Gasteiger partial charge in [0.25, 0.3) is 0 Å². The molecule has 1 aliphatic rings. The van der Waals surface area contributed by atoms with Gasteiger partial charge in [0.1, 0.15) is 5.75 Å². The first-order chi connectivity index (χ1) is 9.95. The highest BCUT2D eigenvalue weighted by Gasteiger charge is 2.25. The van der Waals surface area contributed by atoms with E-state index in [1.807, 2.05) is 6.92 Å². The number of nitrogens with zero attached hydrogens (tertiary/aromatic N) is 1. The van der Waals surface area contributed by atoms with E-state index in [0.29, 0.717) is 23.1 Å². The van der Waals surface area contributed by atoms with Crippen LogP contribution in [0.15, 0.2) is 23.1 Å². The zero-order valence-electron chi connectivity index (χ0n) is 12.9. The van der Waals surface area contributed by atoms with E-state index < -0.39 is 10.0 Å². The molecule has 0 amide bonds. The van der Waals surface area contributed by atoms with Crippen molar-refractivity contribution in [3.8, 4) is 5.75 Å². The van der Waals surface area contributed by atoms with Crippen molar-refractivity contribution in [2.75, 3.05) is 33.8 Å². The first-order valence-corrected chi connectivity index (χ1v) is 8.71. The van der Waals surface area contributed by atoms with Crippen LogP contribution >= 0.6 is 0 Å². The Morgan fingerprint density at radius 3 is 2.76 bits per heavy atom. The van der Waals surface area contributed by atoms with Gasteiger partial charge in [-0.25, -0.2) is 12.7 Å². The van der Waals surface area contributed by atoms with Crippen molar-refractivity contribution in [1.29, 1.82) is 0 Å². The highest BCUT2D eigenvalue weighted by Crippen LogP contribution is 2.24. The van der Waals surface area contributed by atoms with E-state index in [-0.39, 0.29) is 0 Å². The molecule has 1 unspecified atom stereocenters. The highest BCUT2D eigenvalue weighted by atomic mass is 32.2. The topological polar surface area (TPSA) is 58.6 Å². The van der Waals surface area contributed by atoms with Crippen LogP contribution in [-0.4, -0.2) is 46.5 Å². The van der Waals surface area contributed by atoms with Gasteiger partial charge in [0.05, 0.1) is 12.0 Å². The van der Waals surface area contributed by atoms with Gasteiger partial charge in [-0.15, -0.1) is 0 Å². The number of hydrogen-bond donors (Lipinski definition) is 1. The minimum absolute atomic E-state index is 0.326. The quantitative estimate of drug-likeness (QED) is 0.898. The van der Waals surface area contributed by atoms with Gasteiger partial charge in [-0.05, 0) is 62.5 Å².